The Balaban J connectivity index is 0.923. The largest absolute Gasteiger partial charge is 0.507 e. The minimum absolute atomic E-state index is 0.0355. The van der Waals surface area contributed by atoms with Crippen LogP contribution < -0.4 is 20.1 Å². The Bertz CT molecular complexity index is 3280. The lowest BCUT2D eigenvalue weighted by Gasteiger charge is -2.43. The van der Waals surface area contributed by atoms with Gasteiger partial charge in [-0.15, -0.1) is 10.2 Å². The van der Waals surface area contributed by atoms with Crippen LogP contribution in [0.5, 0.6) is 40.2 Å². The number of ether oxygens (including phenoxy) is 4. The van der Waals surface area contributed by atoms with Crippen molar-refractivity contribution in [2.24, 2.45) is 0 Å². The van der Waals surface area contributed by atoms with Crippen molar-refractivity contribution in [1.29, 1.82) is 0 Å². The summed E-state index contributed by atoms with van der Waals surface area (Å²) in [5, 5.41) is 101. The second-order valence-corrected chi connectivity index (χ2v) is 18.3. The first kappa shape index (κ1) is 51.6. The number of aliphatic hydroxyl groups is 4. The van der Waals surface area contributed by atoms with Crippen molar-refractivity contribution in [3.8, 4) is 57.3 Å². The second kappa shape index (κ2) is 20.2. The Kier molecular flexibility index (Phi) is 13.9. The van der Waals surface area contributed by atoms with Crippen molar-refractivity contribution in [3.05, 3.63) is 129 Å². The Morgan fingerprint density at radius 3 is 2.21 bits per heavy atom. The fraction of sp³-hybridized carbons (Fsp3) is 0.302. The molecule has 9 rings (SSSR count). The van der Waals surface area contributed by atoms with Gasteiger partial charge in [-0.3, -0.25) is 28.5 Å². The molecule has 1 aliphatic heterocycles. The lowest BCUT2D eigenvalue weighted by atomic mass is 9.72. The van der Waals surface area contributed by atoms with E-state index in [-0.39, 0.29) is 80.8 Å². The normalized spacial score (nSPS) is 21.3. The van der Waals surface area contributed by atoms with Crippen LogP contribution in [0.1, 0.15) is 115 Å². The molecule has 0 radical (unpaired) electrons. The molecule has 2 heterocycles. The lowest BCUT2D eigenvalue weighted by molar-refractivity contribution is -0.249. The number of rotatable bonds is 14. The highest BCUT2D eigenvalue weighted by molar-refractivity contribution is 6.31. The maximum atomic E-state index is 14.1. The van der Waals surface area contributed by atoms with Crippen molar-refractivity contribution in [1.82, 2.24) is 25.4 Å². The summed E-state index contributed by atoms with van der Waals surface area (Å²) in [6, 6.07) is 18.1. The highest BCUT2D eigenvalue weighted by atomic mass is 16.7. The average molecular weight is 1030 g/mol. The molecule has 1 fully saturated rings. The van der Waals surface area contributed by atoms with E-state index in [2.05, 4.69) is 20.8 Å². The number of hydrogen-bond acceptors (Lipinski definition) is 19. The number of methoxy groups -OCH3 is 1. The van der Waals surface area contributed by atoms with E-state index < -0.39 is 114 Å². The van der Waals surface area contributed by atoms with E-state index in [1.165, 1.54) is 74.1 Å². The highest BCUT2D eigenvalue weighted by Gasteiger charge is 2.50. The van der Waals surface area contributed by atoms with Gasteiger partial charge in [0.2, 0.25) is 11.6 Å². The molecule has 75 heavy (non-hydrogen) atoms. The van der Waals surface area contributed by atoms with E-state index in [0.717, 1.165) is 6.07 Å². The van der Waals surface area contributed by atoms with Crippen LogP contribution in [-0.2, 0) is 20.7 Å². The van der Waals surface area contributed by atoms with Crippen molar-refractivity contribution < 1.29 is 83.8 Å². The zero-order valence-corrected chi connectivity index (χ0v) is 40.6. The van der Waals surface area contributed by atoms with Gasteiger partial charge in [0.1, 0.15) is 58.6 Å². The maximum Gasteiger partial charge on any atom is 0.289 e. The second-order valence-electron chi connectivity index (χ2n) is 18.3. The number of aromatic nitrogens is 3. The molecule has 1 aromatic heterocycles. The fourth-order valence-corrected chi connectivity index (χ4v) is 9.78. The summed E-state index contributed by atoms with van der Waals surface area (Å²) >= 11 is 0. The fourth-order valence-electron chi connectivity index (χ4n) is 9.78. The predicted octanol–water partition coefficient (Wildman–Crippen LogP) is 3.73. The number of amides is 2. The number of phenolic OH excluding ortho intramolecular Hbond substituents is 4. The maximum absolute atomic E-state index is 14.1. The molecule has 10 N–H and O–H groups in total. The molecular weight excluding hydrogens is 979 g/mol. The van der Waals surface area contributed by atoms with E-state index in [1.807, 2.05) is 0 Å². The standard InChI is InChI=1S/C53H51N5O17/c1-5-54-52(70)50-57-56-49(31-17-30(23(2)60)34(61)19-35(31)62)58(50)26-11-15-28(16-12-26)74-27-13-9-25(10-14-27)51(69)55-33-18-39(73-24(3)44(33)64)75-37-21-53(71,38(63)22-59)20-32-41(37)48(68)43-42(46(32)66)45(65)29-7-6-8-36(72-4)40(29)47(43)67/h6-17,19,23-24,33,37,39,44,59-62,64,66,68,71H,5,18,20-22H2,1-4H3,(H,54,70)(H,55,69)/t23?,24?,33?,37-,39?,44?,53-/m0/s1. The number of aliphatic hydroxyl groups excluding tert-OH is 3. The molecule has 2 aliphatic carbocycles. The summed E-state index contributed by atoms with van der Waals surface area (Å²) in [4.78, 5) is 67.9. The summed E-state index contributed by atoms with van der Waals surface area (Å²) in [5.74, 6) is -5.57. The van der Waals surface area contributed by atoms with E-state index in [9.17, 15) is 64.8 Å². The van der Waals surface area contributed by atoms with Crippen molar-refractivity contribution in [2.45, 2.75) is 82.4 Å². The summed E-state index contributed by atoms with van der Waals surface area (Å²) < 4.78 is 25.1. The summed E-state index contributed by atoms with van der Waals surface area (Å²) in [6.07, 6.45) is -7.75. The molecular formula is C53H51N5O17. The summed E-state index contributed by atoms with van der Waals surface area (Å²) in [7, 11) is 1.29. The molecule has 7 atom stereocenters. The number of nitrogens with one attached hydrogen (secondary N) is 2. The molecule has 2 amide bonds. The molecule has 22 nitrogen and oxygen atoms in total. The van der Waals surface area contributed by atoms with E-state index in [1.54, 1.807) is 31.2 Å². The van der Waals surface area contributed by atoms with Gasteiger partial charge in [-0.1, -0.05) is 12.1 Å². The van der Waals surface area contributed by atoms with Crippen LogP contribution >= 0.6 is 0 Å². The minimum Gasteiger partial charge on any atom is -0.507 e. The van der Waals surface area contributed by atoms with Gasteiger partial charge < -0.3 is 70.4 Å². The number of carbonyl (C=O) groups is 5. The molecule has 3 aliphatic rings. The van der Waals surface area contributed by atoms with E-state index >= 15 is 0 Å². The minimum atomic E-state index is -2.40. The number of nitrogens with zero attached hydrogens (tertiary/aromatic N) is 3. The monoisotopic (exact) mass is 1030 g/mol. The zero-order chi connectivity index (χ0) is 53.8. The highest BCUT2D eigenvalue weighted by Crippen LogP contribution is 2.53. The van der Waals surface area contributed by atoms with Crippen LogP contribution in [-0.4, -0.2) is 135 Å². The van der Waals surface area contributed by atoms with Gasteiger partial charge in [0.15, 0.2) is 23.7 Å². The van der Waals surface area contributed by atoms with Crippen LogP contribution in [0.15, 0.2) is 78.9 Å². The first-order valence-electron chi connectivity index (χ1n) is 23.7. The number of Topliss-reactive ketones (excluding diaryl/α,β-unsaturated/α-hetero) is 1. The Hall–Kier alpha value is -8.25. The summed E-state index contributed by atoms with van der Waals surface area (Å²) in [5.41, 5.74) is -3.55. The number of ketones is 3. The third-order valence-electron chi connectivity index (χ3n) is 13.6. The van der Waals surface area contributed by atoms with Crippen LogP contribution in [0.4, 0.5) is 0 Å². The molecule has 5 aromatic carbocycles. The first-order valence-corrected chi connectivity index (χ1v) is 23.7. The number of hydrogen-bond donors (Lipinski definition) is 10. The number of carbonyl (C=O) groups excluding carboxylic acids is 5. The Morgan fingerprint density at radius 1 is 0.880 bits per heavy atom. The third-order valence-corrected chi connectivity index (χ3v) is 13.6. The number of aromatic hydroxyl groups is 4. The number of benzene rings is 5. The van der Waals surface area contributed by atoms with Gasteiger partial charge >= 0.3 is 0 Å². The smallest absolute Gasteiger partial charge is 0.289 e. The molecule has 0 saturated carbocycles. The van der Waals surface area contributed by atoms with Crippen molar-refractivity contribution in [3.63, 3.8) is 0 Å². The zero-order valence-electron chi connectivity index (χ0n) is 40.6. The predicted molar refractivity (Wildman–Crippen MR) is 260 cm³/mol. The Labute approximate surface area is 426 Å². The van der Waals surface area contributed by atoms with Crippen molar-refractivity contribution >= 4 is 29.2 Å². The van der Waals surface area contributed by atoms with E-state index in [4.69, 9.17) is 18.9 Å². The topological polar surface area (TPSA) is 339 Å². The SMILES string of the molecule is CCNC(=O)c1nnc(-c2cc(C(C)O)c(O)cc2O)n1-c1ccc(Oc2ccc(C(=O)NC3CC(O[C@H]4C[C@](O)(C(=O)CO)Cc5c(O)c6c(c(O)c54)C(=O)c4c(OC)cccc4C6=O)OC(C)C3O)cc2)cc1. The Morgan fingerprint density at radius 2 is 1.56 bits per heavy atom. The molecule has 6 aromatic rings. The molecule has 1 saturated heterocycles. The van der Waals surface area contributed by atoms with Gasteiger partial charge in [-0.2, -0.15) is 0 Å². The third kappa shape index (κ3) is 9.27. The quantitative estimate of drug-likeness (QED) is 0.0694. The molecule has 0 spiro atoms. The van der Waals surface area contributed by atoms with E-state index in [0.29, 0.717) is 17.2 Å². The van der Waals surface area contributed by atoms with Crippen LogP contribution in [0.3, 0.4) is 0 Å². The molecule has 390 valence electrons. The molecule has 22 heteroatoms. The van der Waals surface area contributed by atoms with Gasteiger partial charge in [-0.05, 0) is 81.4 Å². The van der Waals surface area contributed by atoms with Crippen LogP contribution in [0.25, 0.3) is 17.1 Å². The average Bonchev–Trinajstić information content (AvgIpc) is 3.83. The van der Waals surface area contributed by atoms with Gasteiger partial charge in [0, 0.05) is 65.4 Å². The van der Waals surface area contributed by atoms with Gasteiger partial charge in [0.05, 0.1) is 53.7 Å². The van der Waals surface area contributed by atoms with Crippen LogP contribution in [0.2, 0.25) is 0 Å². The van der Waals surface area contributed by atoms with Gasteiger partial charge in [0.25, 0.3) is 11.8 Å². The summed E-state index contributed by atoms with van der Waals surface area (Å²) in [6.45, 7) is 3.84. The number of fused-ring (bicyclic) bond motifs is 3. The van der Waals surface area contributed by atoms with Crippen molar-refractivity contribution in [2.75, 3.05) is 20.3 Å². The number of phenols is 4. The van der Waals surface area contributed by atoms with Gasteiger partial charge in [-0.25, -0.2) is 0 Å². The van der Waals surface area contributed by atoms with Crippen LogP contribution in [0, 0.1) is 0 Å². The molecule has 5 unspecified atom stereocenters. The molecule has 0 bridgehead atoms. The lowest BCUT2D eigenvalue weighted by Crippen LogP contribution is -2.55. The first-order chi connectivity index (χ1) is 35.8.